The van der Waals surface area contributed by atoms with E-state index in [1.54, 1.807) is 0 Å². The van der Waals surface area contributed by atoms with Crippen molar-refractivity contribution in [3.63, 3.8) is 0 Å². The highest BCUT2D eigenvalue weighted by atomic mass is 127. The van der Waals surface area contributed by atoms with Crippen LogP contribution in [0.2, 0.25) is 0 Å². The molecule has 1 N–H and O–H groups in total. The molecule has 0 bridgehead atoms. The fourth-order valence-electron chi connectivity index (χ4n) is 0.942. The molecule has 1 heterocycles. The number of pyridine rings is 1. The minimum atomic E-state index is -2.66. The van der Waals surface area contributed by atoms with Gasteiger partial charge in [-0.25, -0.2) is 13.8 Å². The molecule has 1 aromatic heterocycles. The first-order valence-electron chi connectivity index (χ1n) is 3.72. The number of hydrogen-bond acceptors (Lipinski definition) is 3. The van der Waals surface area contributed by atoms with Crippen molar-refractivity contribution in [3.8, 4) is 5.75 Å². The molecule has 3 nitrogen and oxygen atoms in total. The van der Waals surface area contributed by atoms with E-state index in [9.17, 15) is 8.78 Å². The zero-order valence-corrected chi connectivity index (χ0v) is 9.46. The van der Waals surface area contributed by atoms with Crippen LogP contribution in [0.5, 0.6) is 5.75 Å². The number of nitrogens with zero attached hydrogens (tertiary/aromatic N) is 1. The van der Waals surface area contributed by atoms with Gasteiger partial charge in [-0.15, -0.1) is 0 Å². The van der Waals surface area contributed by atoms with Crippen LogP contribution in [0.25, 0.3) is 0 Å². The Hall–Kier alpha value is -0.500. The fourth-order valence-corrected chi connectivity index (χ4v) is 1.61. The van der Waals surface area contributed by atoms with E-state index in [4.69, 9.17) is 9.84 Å². The van der Waals surface area contributed by atoms with Crippen molar-refractivity contribution < 1.29 is 18.6 Å². The second-order valence-electron chi connectivity index (χ2n) is 2.47. The number of methoxy groups -OCH3 is 1. The van der Waals surface area contributed by atoms with E-state index in [1.807, 2.05) is 22.6 Å². The quantitative estimate of drug-likeness (QED) is 0.869. The van der Waals surface area contributed by atoms with Gasteiger partial charge in [0.25, 0.3) is 6.43 Å². The first-order chi connectivity index (χ1) is 6.60. The first-order valence-corrected chi connectivity index (χ1v) is 4.80. The van der Waals surface area contributed by atoms with Crippen LogP contribution in [-0.4, -0.2) is 17.2 Å². The zero-order valence-electron chi connectivity index (χ0n) is 7.30. The van der Waals surface area contributed by atoms with E-state index < -0.39 is 6.43 Å². The maximum absolute atomic E-state index is 12.3. The average Bonchev–Trinajstić information content (AvgIpc) is 2.17. The van der Waals surface area contributed by atoms with Crippen molar-refractivity contribution in [2.24, 2.45) is 0 Å². The molecule has 0 saturated heterocycles. The lowest BCUT2D eigenvalue weighted by atomic mass is 10.3. The van der Waals surface area contributed by atoms with E-state index in [2.05, 4.69) is 4.98 Å². The highest BCUT2D eigenvalue weighted by Crippen LogP contribution is 2.28. The Morgan fingerprint density at radius 1 is 1.64 bits per heavy atom. The van der Waals surface area contributed by atoms with Gasteiger partial charge < -0.3 is 9.84 Å². The fraction of sp³-hybridized carbons (Fsp3) is 0.375. The molecule has 0 spiro atoms. The van der Waals surface area contributed by atoms with Crippen LogP contribution in [-0.2, 0) is 6.61 Å². The number of alkyl halides is 2. The lowest BCUT2D eigenvalue weighted by molar-refractivity contribution is 0.144. The zero-order chi connectivity index (χ0) is 10.7. The van der Waals surface area contributed by atoms with E-state index in [-0.39, 0.29) is 18.0 Å². The van der Waals surface area contributed by atoms with E-state index in [0.29, 0.717) is 9.32 Å². The van der Waals surface area contributed by atoms with Gasteiger partial charge in [0.2, 0.25) is 0 Å². The Morgan fingerprint density at radius 2 is 2.29 bits per heavy atom. The average molecular weight is 315 g/mol. The predicted octanol–water partition coefficient (Wildman–Crippen LogP) is 2.12. The summed E-state index contributed by atoms with van der Waals surface area (Å²) in [6.45, 7) is -0.380. The number of aliphatic hydroxyl groups excluding tert-OH is 1. The normalized spacial score (nSPS) is 10.7. The maximum Gasteiger partial charge on any atom is 0.280 e. The number of hydrogen-bond donors (Lipinski definition) is 1. The first kappa shape index (κ1) is 11.6. The Morgan fingerprint density at radius 3 is 2.71 bits per heavy atom. The molecular weight excluding hydrogens is 307 g/mol. The van der Waals surface area contributed by atoms with Crippen LogP contribution in [0, 0.1) is 3.57 Å². The summed E-state index contributed by atoms with van der Waals surface area (Å²) in [6, 6.07) is 1.17. The highest BCUT2D eigenvalue weighted by Gasteiger charge is 2.15. The standard InChI is InChI=1S/C8H8F2INO2/c1-14-6-2-4(8(9)10)12-5(3-13)7(6)11/h2,8,13H,3H2,1H3. The number of aromatic nitrogens is 1. The summed E-state index contributed by atoms with van der Waals surface area (Å²) >= 11 is 1.89. The third-order valence-electron chi connectivity index (χ3n) is 1.61. The summed E-state index contributed by atoms with van der Waals surface area (Å²) in [7, 11) is 1.38. The lowest BCUT2D eigenvalue weighted by Gasteiger charge is -2.09. The molecule has 0 aliphatic rings. The summed E-state index contributed by atoms with van der Waals surface area (Å²) in [6.07, 6.45) is -2.66. The second kappa shape index (κ2) is 4.83. The third kappa shape index (κ3) is 2.30. The lowest BCUT2D eigenvalue weighted by Crippen LogP contribution is -2.02. The van der Waals surface area contributed by atoms with Crippen LogP contribution in [0.15, 0.2) is 6.07 Å². The van der Waals surface area contributed by atoms with Gasteiger partial charge >= 0.3 is 0 Å². The molecule has 0 aliphatic carbocycles. The van der Waals surface area contributed by atoms with Gasteiger partial charge in [-0.1, -0.05) is 0 Å². The smallest absolute Gasteiger partial charge is 0.280 e. The predicted molar refractivity (Wildman–Crippen MR) is 54.4 cm³/mol. The summed E-state index contributed by atoms with van der Waals surface area (Å²) in [5.41, 5.74) is -0.174. The molecule has 78 valence electrons. The topological polar surface area (TPSA) is 42.4 Å². The molecule has 0 fully saturated rings. The van der Waals surface area contributed by atoms with Crippen LogP contribution >= 0.6 is 22.6 Å². The van der Waals surface area contributed by atoms with E-state index >= 15 is 0 Å². The number of rotatable bonds is 3. The number of halogens is 3. The van der Waals surface area contributed by atoms with Crippen LogP contribution < -0.4 is 4.74 Å². The number of aliphatic hydroxyl groups is 1. The second-order valence-corrected chi connectivity index (χ2v) is 3.55. The molecule has 14 heavy (non-hydrogen) atoms. The van der Waals surface area contributed by atoms with Gasteiger partial charge in [0, 0.05) is 6.07 Å². The Kier molecular flexibility index (Phi) is 3.99. The summed E-state index contributed by atoms with van der Waals surface area (Å²) in [5, 5.41) is 8.88. The molecule has 0 atom stereocenters. The molecular formula is C8H8F2INO2. The molecule has 6 heteroatoms. The number of ether oxygens (including phenoxy) is 1. The van der Waals surface area contributed by atoms with Crippen molar-refractivity contribution in [1.29, 1.82) is 0 Å². The molecule has 0 aliphatic heterocycles. The molecule has 0 aromatic carbocycles. The molecule has 1 aromatic rings. The van der Waals surface area contributed by atoms with Crippen molar-refractivity contribution >= 4 is 22.6 Å². The molecule has 0 unspecified atom stereocenters. The largest absolute Gasteiger partial charge is 0.496 e. The van der Waals surface area contributed by atoms with Gasteiger partial charge in [-0.2, -0.15) is 0 Å². The van der Waals surface area contributed by atoms with E-state index in [1.165, 1.54) is 13.2 Å². The SMILES string of the molecule is COc1cc(C(F)F)nc(CO)c1I. The highest BCUT2D eigenvalue weighted by molar-refractivity contribution is 14.1. The van der Waals surface area contributed by atoms with Gasteiger partial charge in [0.15, 0.2) is 0 Å². The minimum Gasteiger partial charge on any atom is -0.496 e. The monoisotopic (exact) mass is 315 g/mol. The van der Waals surface area contributed by atoms with Crippen molar-refractivity contribution in [1.82, 2.24) is 4.98 Å². The maximum atomic E-state index is 12.3. The Balaban J connectivity index is 3.25. The van der Waals surface area contributed by atoms with E-state index in [0.717, 1.165) is 0 Å². The molecule has 1 rings (SSSR count). The minimum absolute atomic E-state index is 0.209. The summed E-state index contributed by atoms with van der Waals surface area (Å²) < 4.78 is 30.1. The Labute approximate surface area is 93.2 Å². The molecule has 0 amide bonds. The van der Waals surface area contributed by atoms with Gasteiger partial charge in [0.05, 0.1) is 23.0 Å². The molecule has 0 radical (unpaired) electrons. The van der Waals surface area contributed by atoms with Crippen molar-refractivity contribution in [2.45, 2.75) is 13.0 Å². The molecule has 0 saturated carbocycles. The van der Waals surface area contributed by atoms with Crippen LogP contribution in [0.1, 0.15) is 17.8 Å². The van der Waals surface area contributed by atoms with Gasteiger partial charge in [-0.05, 0) is 22.6 Å². The summed E-state index contributed by atoms with van der Waals surface area (Å²) in [5.74, 6) is 0.306. The van der Waals surface area contributed by atoms with Gasteiger partial charge in [0.1, 0.15) is 11.4 Å². The van der Waals surface area contributed by atoms with Crippen LogP contribution in [0.4, 0.5) is 8.78 Å². The Bertz CT molecular complexity index is 308. The summed E-state index contributed by atoms with van der Waals surface area (Å²) in [4.78, 5) is 3.61. The van der Waals surface area contributed by atoms with Crippen LogP contribution in [0.3, 0.4) is 0 Å². The van der Waals surface area contributed by atoms with Gasteiger partial charge in [-0.3, -0.25) is 0 Å². The van der Waals surface area contributed by atoms with Crippen molar-refractivity contribution in [2.75, 3.05) is 7.11 Å². The van der Waals surface area contributed by atoms with Crippen molar-refractivity contribution in [3.05, 3.63) is 21.0 Å². The third-order valence-corrected chi connectivity index (χ3v) is 2.76.